The predicted octanol–water partition coefficient (Wildman–Crippen LogP) is 1.85. The Balaban J connectivity index is 2.45. The molecule has 1 aliphatic rings. The number of hydrogen-bond donors (Lipinski definition) is 1. The third-order valence-electron chi connectivity index (χ3n) is 2.08. The Morgan fingerprint density at radius 1 is 1.33 bits per heavy atom. The topological polar surface area (TPSA) is 46.2 Å². The summed E-state index contributed by atoms with van der Waals surface area (Å²) in [4.78, 5) is 23.7. The van der Waals surface area contributed by atoms with Crippen LogP contribution in [-0.4, -0.2) is 17.6 Å². The SMILES string of the molecule is C=CCSc1cccc2c1C(=O)NC2=O. The average molecular weight is 219 g/mol. The second kappa shape index (κ2) is 3.90. The molecule has 1 aliphatic heterocycles. The number of thioether (sulfide) groups is 1. The van der Waals surface area contributed by atoms with Crippen molar-refractivity contribution in [3.63, 3.8) is 0 Å². The number of hydrogen-bond acceptors (Lipinski definition) is 3. The van der Waals surface area contributed by atoms with Gasteiger partial charge in [0.2, 0.25) is 0 Å². The minimum atomic E-state index is -0.309. The van der Waals surface area contributed by atoms with Crippen molar-refractivity contribution in [1.29, 1.82) is 0 Å². The summed E-state index contributed by atoms with van der Waals surface area (Å²) in [7, 11) is 0. The van der Waals surface area contributed by atoms with E-state index in [1.165, 1.54) is 11.8 Å². The Morgan fingerprint density at radius 2 is 2.13 bits per heavy atom. The first-order valence-electron chi connectivity index (χ1n) is 4.46. The molecule has 0 bridgehead atoms. The van der Waals surface area contributed by atoms with Gasteiger partial charge in [0.05, 0.1) is 11.1 Å². The van der Waals surface area contributed by atoms with Gasteiger partial charge >= 0.3 is 0 Å². The van der Waals surface area contributed by atoms with Crippen molar-refractivity contribution in [2.45, 2.75) is 4.90 Å². The lowest BCUT2D eigenvalue weighted by atomic mass is 10.1. The van der Waals surface area contributed by atoms with E-state index < -0.39 is 0 Å². The summed E-state index contributed by atoms with van der Waals surface area (Å²) < 4.78 is 0. The van der Waals surface area contributed by atoms with Gasteiger partial charge in [-0.2, -0.15) is 0 Å². The smallest absolute Gasteiger partial charge is 0.260 e. The quantitative estimate of drug-likeness (QED) is 0.479. The lowest BCUT2D eigenvalue weighted by Gasteiger charge is -2.02. The molecular formula is C11H9NO2S. The van der Waals surface area contributed by atoms with Crippen LogP contribution in [0.1, 0.15) is 20.7 Å². The van der Waals surface area contributed by atoms with E-state index in [4.69, 9.17) is 0 Å². The molecule has 1 heterocycles. The molecule has 1 aromatic carbocycles. The van der Waals surface area contributed by atoms with Crippen molar-refractivity contribution >= 4 is 23.6 Å². The lowest BCUT2D eigenvalue weighted by molar-refractivity contribution is 0.0879. The molecule has 0 radical (unpaired) electrons. The van der Waals surface area contributed by atoms with Crippen LogP contribution in [0.4, 0.5) is 0 Å². The third-order valence-corrected chi connectivity index (χ3v) is 3.14. The van der Waals surface area contributed by atoms with Crippen molar-refractivity contribution in [3.05, 3.63) is 42.0 Å². The highest BCUT2D eigenvalue weighted by Gasteiger charge is 2.28. The number of amides is 2. The zero-order valence-electron chi connectivity index (χ0n) is 7.95. The molecule has 15 heavy (non-hydrogen) atoms. The molecule has 1 N–H and O–H groups in total. The van der Waals surface area contributed by atoms with Crippen LogP contribution in [-0.2, 0) is 0 Å². The Bertz CT molecular complexity index is 454. The monoisotopic (exact) mass is 219 g/mol. The molecule has 0 aliphatic carbocycles. The number of carbonyl (C=O) groups excluding carboxylic acids is 2. The lowest BCUT2D eigenvalue weighted by Crippen LogP contribution is -2.20. The molecule has 4 heteroatoms. The number of carbonyl (C=O) groups is 2. The van der Waals surface area contributed by atoms with Gasteiger partial charge in [0.1, 0.15) is 0 Å². The fourth-order valence-electron chi connectivity index (χ4n) is 1.46. The highest BCUT2D eigenvalue weighted by Crippen LogP contribution is 2.28. The fourth-order valence-corrected chi connectivity index (χ4v) is 2.28. The molecule has 76 valence electrons. The van der Waals surface area contributed by atoms with E-state index in [0.29, 0.717) is 11.1 Å². The standard InChI is InChI=1S/C11H9NO2S/c1-2-6-15-8-5-3-4-7-9(8)11(14)12-10(7)13/h2-5H,1,6H2,(H,12,13,14). The van der Waals surface area contributed by atoms with Crippen LogP contribution in [0.25, 0.3) is 0 Å². The molecule has 0 spiro atoms. The summed E-state index contributed by atoms with van der Waals surface area (Å²) in [5, 5.41) is 2.28. The highest BCUT2D eigenvalue weighted by atomic mass is 32.2. The number of benzene rings is 1. The van der Waals surface area contributed by atoms with Gasteiger partial charge in [0, 0.05) is 10.6 Å². The zero-order chi connectivity index (χ0) is 10.8. The summed E-state index contributed by atoms with van der Waals surface area (Å²) in [5.41, 5.74) is 0.961. The highest BCUT2D eigenvalue weighted by molar-refractivity contribution is 7.99. The van der Waals surface area contributed by atoms with E-state index in [2.05, 4.69) is 11.9 Å². The second-order valence-corrected chi connectivity index (χ2v) is 4.12. The van der Waals surface area contributed by atoms with Crippen molar-refractivity contribution in [2.24, 2.45) is 0 Å². The maximum Gasteiger partial charge on any atom is 0.260 e. The molecule has 2 rings (SSSR count). The third kappa shape index (κ3) is 1.68. The molecule has 1 aromatic rings. The van der Waals surface area contributed by atoms with E-state index in [-0.39, 0.29) is 11.8 Å². The molecule has 0 saturated heterocycles. The van der Waals surface area contributed by atoms with Crippen LogP contribution in [0.5, 0.6) is 0 Å². The van der Waals surface area contributed by atoms with Crippen LogP contribution < -0.4 is 5.32 Å². The van der Waals surface area contributed by atoms with Crippen molar-refractivity contribution < 1.29 is 9.59 Å². The Morgan fingerprint density at radius 3 is 2.87 bits per heavy atom. The minimum absolute atomic E-state index is 0.304. The largest absolute Gasteiger partial charge is 0.288 e. The van der Waals surface area contributed by atoms with Gasteiger partial charge in [-0.15, -0.1) is 18.3 Å². The number of imide groups is 1. The maximum absolute atomic E-state index is 11.5. The number of rotatable bonds is 3. The first-order valence-corrected chi connectivity index (χ1v) is 5.45. The Labute approximate surface area is 91.6 Å². The van der Waals surface area contributed by atoms with Gasteiger partial charge in [0.15, 0.2) is 0 Å². The van der Waals surface area contributed by atoms with Crippen molar-refractivity contribution in [2.75, 3.05) is 5.75 Å². The van der Waals surface area contributed by atoms with Crippen molar-refractivity contribution in [1.82, 2.24) is 5.32 Å². The van der Waals surface area contributed by atoms with Gasteiger partial charge in [-0.3, -0.25) is 14.9 Å². The van der Waals surface area contributed by atoms with E-state index in [1.807, 2.05) is 6.07 Å². The first kappa shape index (κ1) is 9.98. The first-order chi connectivity index (χ1) is 7.24. The predicted molar refractivity (Wildman–Crippen MR) is 59.2 cm³/mol. The summed E-state index contributed by atoms with van der Waals surface area (Å²) in [6.45, 7) is 3.61. The summed E-state index contributed by atoms with van der Waals surface area (Å²) in [5.74, 6) is 0.107. The Kier molecular flexibility index (Phi) is 2.60. The van der Waals surface area contributed by atoms with Crippen molar-refractivity contribution in [3.8, 4) is 0 Å². The van der Waals surface area contributed by atoms with Gasteiger partial charge in [-0.25, -0.2) is 0 Å². The Hall–Kier alpha value is -1.55. The van der Waals surface area contributed by atoms with E-state index in [0.717, 1.165) is 10.6 Å². The molecule has 0 atom stereocenters. The van der Waals surface area contributed by atoms with E-state index in [9.17, 15) is 9.59 Å². The summed E-state index contributed by atoms with van der Waals surface area (Å²) >= 11 is 1.50. The second-order valence-electron chi connectivity index (χ2n) is 3.06. The van der Waals surface area contributed by atoms with Crippen LogP contribution in [0, 0.1) is 0 Å². The molecule has 0 unspecified atom stereocenters. The van der Waals surface area contributed by atoms with Gasteiger partial charge in [-0.1, -0.05) is 12.1 Å². The van der Waals surface area contributed by atoms with E-state index in [1.54, 1.807) is 18.2 Å². The normalized spacial score (nSPS) is 13.6. The average Bonchev–Trinajstić information content (AvgIpc) is 2.53. The molecule has 2 amide bonds. The van der Waals surface area contributed by atoms with Gasteiger partial charge in [-0.05, 0) is 12.1 Å². The van der Waals surface area contributed by atoms with Crippen LogP contribution in [0.2, 0.25) is 0 Å². The van der Waals surface area contributed by atoms with Crippen LogP contribution in [0.15, 0.2) is 35.7 Å². The number of nitrogens with one attached hydrogen (secondary N) is 1. The molecule has 0 aromatic heterocycles. The summed E-state index contributed by atoms with van der Waals surface area (Å²) in [6.07, 6.45) is 1.76. The summed E-state index contributed by atoms with van der Waals surface area (Å²) in [6, 6.07) is 5.28. The minimum Gasteiger partial charge on any atom is -0.288 e. The molecular weight excluding hydrogens is 210 g/mol. The van der Waals surface area contributed by atoms with Crippen LogP contribution in [0.3, 0.4) is 0 Å². The fraction of sp³-hybridized carbons (Fsp3) is 0.0909. The van der Waals surface area contributed by atoms with E-state index >= 15 is 0 Å². The maximum atomic E-state index is 11.5. The zero-order valence-corrected chi connectivity index (χ0v) is 8.76. The number of fused-ring (bicyclic) bond motifs is 1. The molecule has 0 saturated carbocycles. The molecule has 0 fully saturated rings. The molecule has 3 nitrogen and oxygen atoms in total. The van der Waals surface area contributed by atoms with Gasteiger partial charge in [0.25, 0.3) is 11.8 Å². The van der Waals surface area contributed by atoms with Gasteiger partial charge < -0.3 is 0 Å². The van der Waals surface area contributed by atoms with Crippen LogP contribution >= 0.6 is 11.8 Å².